The fourth-order valence-corrected chi connectivity index (χ4v) is 3.37. The topological polar surface area (TPSA) is 94.4 Å². The van der Waals surface area contributed by atoms with E-state index in [0.717, 1.165) is 37.3 Å². The van der Waals surface area contributed by atoms with Gasteiger partial charge in [0, 0.05) is 12.3 Å². The molecule has 0 aliphatic carbocycles. The molecule has 25 heavy (non-hydrogen) atoms. The van der Waals surface area contributed by atoms with Crippen molar-refractivity contribution in [2.75, 3.05) is 25.1 Å². The molecule has 1 fully saturated rings. The summed E-state index contributed by atoms with van der Waals surface area (Å²) in [6, 6.07) is 7.43. The molecule has 1 aliphatic rings. The molecule has 2 aromatic rings. The van der Waals surface area contributed by atoms with Gasteiger partial charge < -0.3 is 15.5 Å². The number of aliphatic hydroxyl groups is 2. The van der Waals surface area contributed by atoms with Crippen molar-refractivity contribution in [3.8, 4) is 0 Å². The van der Waals surface area contributed by atoms with Crippen molar-refractivity contribution in [2.45, 2.75) is 38.3 Å². The first-order chi connectivity index (χ1) is 12.2. The summed E-state index contributed by atoms with van der Waals surface area (Å²) in [6.07, 6.45) is 4.86. The van der Waals surface area contributed by atoms with Gasteiger partial charge in [0.2, 0.25) is 0 Å². The second kappa shape index (κ2) is 8.33. The highest BCUT2D eigenvalue weighted by Gasteiger charge is 2.30. The number of pyridine rings is 1. The van der Waals surface area contributed by atoms with Gasteiger partial charge in [0.25, 0.3) is 0 Å². The Kier molecular flexibility index (Phi) is 5.91. The summed E-state index contributed by atoms with van der Waals surface area (Å²) in [5, 5.41) is 22.4. The van der Waals surface area contributed by atoms with Crippen LogP contribution in [0.2, 0.25) is 0 Å². The van der Waals surface area contributed by atoms with Gasteiger partial charge in [0.05, 0.1) is 31.0 Å². The van der Waals surface area contributed by atoms with Crippen molar-refractivity contribution >= 4 is 11.6 Å². The van der Waals surface area contributed by atoms with E-state index in [1.807, 2.05) is 31.2 Å². The van der Waals surface area contributed by atoms with Crippen LogP contribution in [0.1, 0.15) is 36.8 Å². The van der Waals surface area contributed by atoms with Gasteiger partial charge in [-0.3, -0.25) is 4.90 Å². The van der Waals surface area contributed by atoms with E-state index in [1.165, 1.54) is 0 Å². The van der Waals surface area contributed by atoms with Gasteiger partial charge >= 0.3 is 0 Å². The monoisotopic (exact) mass is 343 g/mol. The molecular weight excluding hydrogens is 318 g/mol. The zero-order valence-electron chi connectivity index (χ0n) is 14.5. The largest absolute Gasteiger partial charge is 0.395 e. The molecule has 7 heteroatoms. The van der Waals surface area contributed by atoms with Gasteiger partial charge in [-0.2, -0.15) is 0 Å². The minimum absolute atomic E-state index is 0.0594. The summed E-state index contributed by atoms with van der Waals surface area (Å²) in [6.45, 7) is 2.60. The van der Waals surface area contributed by atoms with Crippen molar-refractivity contribution in [3.63, 3.8) is 0 Å². The lowest BCUT2D eigenvalue weighted by Gasteiger charge is -2.39. The van der Waals surface area contributed by atoms with Crippen molar-refractivity contribution in [1.29, 1.82) is 0 Å². The Morgan fingerprint density at radius 3 is 2.76 bits per heavy atom. The first-order valence-electron chi connectivity index (χ1n) is 8.72. The standard InChI is InChI=1S/C18H25N5O2/c1-13-20-15(10-18(21-13)22-17-7-2-4-8-19-17)16-6-3-5-9-23(16)14(11-24)12-25/h2,4,7-8,10,14,16,24-25H,3,5-6,9,11-12H2,1H3,(H,19,20,21,22). The maximum absolute atomic E-state index is 9.59. The Bertz CT molecular complexity index is 678. The normalized spacial score (nSPS) is 18.5. The van der Waals surface area contributed by atoms with Crippen molar-refractivity contribution in [2.24, 2.45) is 0 Å². The maximum atomic E-state index is 9.59. The highest BCUT2D eigenvalue weighted by molar-refractivity contribution is 5.51. The molecule has 1 aliphatic heterocycles. The molecule has 7 nitrogen and oxygen atoms in total. The molecule has 0 aromatic carbocycles. The molecule has 0 amide bonds. The number of nitrogens with zero attached hydrogens (tertiary/aromatic N) is 4. The second-order valence-electron chi connectivity index (χ2n) is 6.33. The van der Waals surface area contributed by atoms with Crippen LogP contribution in [0, 0.1) is 6.92 Å². The Morgan fingerprint density at radius 1 is 1.20 bits per heavy atom. The lowest BCUT2D eigenvalue weighted by molar-refractivity contribution is 0.0228. The van der Waals surface area contributed by atoms with E-state index in [-0.39, 0.29) is 25.3 Å². The van der Waals surface area contributed by atoms with Crippen LogP contribution in [0.3, 0.4) is 0 Å². The van der Waals surface area contributed by atoms with E-state index in [9.17, 15) is 10.2 Å². The van der Waals surface area contributed by atoms with Gasteiger partial charge in [-0.05, 0) is 38.4 Å². The van der Waals surface area contributed by atoms with Crippen LogP contribution in [-0.2, 0) is 0 Å². The molecule has 0 bridgehead atoms. The summed E-state index contributed by atoms with van der Waals surface area (Å²) in [4.78, 5) is 15.5. The highest BCUT2D eigenvalue weighted by atomic mass is 16.3. The molecule has 0 spiro atoms. The lowest BCUT2D eigenvalue weighted by atomic mass is 9.97. The van der Waals surface area contributed by atoms with Crippen LogP contribution < -0.4 is 5.32 Å². The Labute approximate surface area is 147 Å². The van der Waals surface area contributed by atoms with Gasteiger partial charge in [0.15, 0.2) is 0 Å². The maximum Gasteiger partial charge on any atom is 0.135 e. The summed E-state index contributed by atoms with van der Waals surface area (Å²) in [5.41, 5.74) is 0.914. The van der Waals surface area contributed by atoms with Crippen molar-refractivity contribution < 1.29 is 10.2 Å². The summed E-state index contributed by atoms with van der Waals surface area (Å²) in [5.74, 6) is 2.12. The number of aryl methyl sites for hydroxylation is 1. The SMILES string of the molecule is Cc1nc(Nc2ccccn2)cc(C2CCCCN2C(CO)CO)n1. The quantitative estimate of drug-likeness (QED) is 0.736. The van der Waals surface area contributed by atoms with E-state index < -0.39 is 0 Å². The number of anilines is 2. The smallest absolute Gasteiger partial charge is 0.135 e. The molecular formula is C18H25N5O2. The molecule has 2 aromatic heterocycles. The number of nitrogens with one attached hydrogen (secondary N) is 1. The zero-order valence-corrected chi connectivity index (χ0v) is 14.5. The van der Waals surface area contributed by atoms with Gasteiger partial charge in [-0.1, -0.05) is 12.5 Å². The summed E-state index contributed by atoms with van der Waals surface area (Å²) in [7, 11) is 0. The van der Waals surface area contributed by atoms with Gasteiger partial charge in [-0.15, -0.1) is 0 Å². The van der Waals surface area contributed by atoms with E-state index in [0.29, 0.717) is 11.6 Å². The average Bonchev–Trinajstić information content (AvgIpc) is 2.63. The first kappa shape index (κ1) is 17.7. The molecule has 1 saturated heterocycles. The minimum Gasteiger partial charge on any atom is -0.395 e. The molecule has 134 valence electrons. The highest BCUT2D eigenvalue weighted by Crippen LogP contribution is 2.32. The van der Waals surface area contributed by atoms with E-state index in [4.69, 9.17) is 0 Å². The van der Waals surface area contributed by atoms with Crippen LogP contribution in [0.15, 0.2) is 30.5 Å². The van der Waals surface area contributed by atoms with Gasteiger partial charge in [0.1, 0.15) is 17.5 Å². The number of piperidine rings is 1. The van der Waals surface area contributed by atoms with Crippen LogP contribution in [0.5, 0.6) is 0 Å². The van der Waals surface area contributed by atoms with Crippen LogP contribution in [-0.4, -0.2) is 55.9 Å². The third-order valence-corrected chi connectivity index (χ3v) is 4.55. The third-order valence-electron chi connectivity index (χ3n) is 4.55. The second-order valence-corrected chi connectivity index (χ2v) is 6.33. The zero-order chi connectivity index (χ0) is 17.6. The number of likely N-dealkylation sites (tertiary alicyclic amines) is 1. The minimum atomic E-state index is -0.257. The summed E-state index contributed by atoms with van der Waals surface area (Å²) >= 11 is 0. The van der Waals surface area contributed by atoms with Crippen LogP contribution in [0.4, 0.5) is 11.6 Å². The molecule has 1 unspecified atom stereocenters. The molecule has 3 rings (SSSR count). The predicted molar refractivity (Wildman–Crippen MR) is 95.5 cm³/mol. The molecule has 3 N–H and O–H groups in total. The molecule has 3 heterocycles. The molecule has 0 saturated carbocycles. The fraction of sp³-hybridized carbons (Fsp3) is 0.500. The lowest BCUT2D eigenvalue weighted by Crippen LogP contribution is -2.45. The van der Waals surface area contributed by atoms with E-state index >= 15 is 0 Å². The number of rotatable bonds is 6. The van der Waals surface area contributed by atoms with Gasteiger partial charge in [-0.25, -0.2) is 15.0 Å². The molecule has 0 radical (unpaired) electrons. The fourth-order valence-electron chi connectivity index (χ4n) is 3.37. The third kappa shape index (κ3) is 4.31. The summed E-state index contributed by atoms with van der Waals surface area (Å²) < 4.78 is 0. The van der Waals surface area contributed by atoms with Crippen molar-refractivity contribution in [3.05, 3.63) is 42.0 Å². The number of hydrogen-bond acceptors (Lipinski definition) is 7. The number of aromatic nitrogens is 3. The number of aliphatic hydroxyl groups excluding tert-OH is 2. The average molecular weight is 343 g/mol. The van der Waals surface area contributed by atoms with E-state index in [2.05, 4.69) is 25.2 Å². The Balaban J connectivity index is 1.87. The van der Waals surface area contributed by atoms with Crippen LogP contribution in [0.25, 0.3) is 0 Å². The first-order valence-corrected chi connectivity index (χ1v) is 8.72. The molecule has 1 atom stereocenters. The van der Waals surface area contributed by atoms with E-state index in [1.54, 1.807) is 6.20 Å². The predicted octanol–water partition coefficient (Wildman–Crippen LogP) is 1.80. The Hall–Kier alpha value is -2.09. The number of hydrogen-bond donors (Lipinski definition) is 3. The van der Waals surface area contributed by atoms with Crippen molar-refractivity contribution in [1.82, 2.24) is 19.9 Å². The Morgan fingerprint density at radius 2 is 2.04 bits per heavy atom. The van der Waals surface area contributed by atoms with Crippen LogP contribution >= 0.6 is 0 Å².